The molecule has 9 rings (SSSR count). The number of fused-ring (bicyclic) bond motifs is 2. The van der Waals surface area contributed by atoms with Crippen molar-refractivity contribution >= 4 is 72.2 Å². The molecule has 6 aromatic rings. The van der Waals surface area contributed by atoms with E-state index in [2.05, 4.69) is 55.9 Å². The minimum atomic E-state index is -4.57. The first-order valence-electron chi connectivity index (χ1n) is 21.4. The number of piperazine rings is 1. The summed E-state index contributed by atoms with van der Waals surface area (Å²) in [6.07, 6.45) is 8.42. The van der Waals surface area contributed by atoms with Gasteiger partial charge in [0.1, 0.15) is 16.9 Å². The summed E-state index contributed by atoms with van der Waals surface area (Å²) in [5.74, 6) is -0.738. The number of nitro benzene ring substituents is 1. The van der Waals surface area contributed by atoms with Crippen molar-refractivity contribution in [3.05, 3.63) is 117 Å². The molecule has 2 aliphatic heterocycles. The summed E-state index contributed by atoms with van der Waals surface area (Å²) >= 11 is 6.26. The number of amides is 1. The van der Waals surface area contributed by atoms with E-state index in [1.807, 2.05) is 36.4 Å². The van der Waals surface area contributed by atoms with E-state index in [1.165, 1.54) is 28.8 Å². The van der Waals surface area contributed by atoms with E-state index in [-0.39, 0.29) is 22.6 Å². The number of carbonyl (C=O) groups excluding carboxylic acids is 1. The smallest absolute Gasteiger partial charge is 0.293 e. The van der Waals surface area contributed by atoms with E-state index >= 15 is 0 Å². The Morgan fingerprint density at radius 3 is 2.62 bits per heavy atom. The van der Waals surface area contributed by atoms with Gasteiger partial charge < -0.3 is 19.9 Å². The molecule has 1 atom stereocenters. The van der Waals surface area contributed by atoms with Crippen LogP contribution in [0.5, 0.6) is 0 Å². The highest BCUT2D eigenvalue weighted by atomic mass is 35.5. The summed E-state index contributed by atoms with van der Waals surface area (Å²) in [5.41, 5.74) is 7.25. The van der Waals surface area contributed by atoms with Crippen molar-refractivity contribution in [1.29, 1.82) is 0 Å². The quantitative estimate of drug-likeness (QED) is 0.0796. The van der Waals surface area contributed by atoms with Crippen molar-refractivity contribution in [2.75, 3.05) is 62.7 Å². The number of nitrogens with one attached hydrogen (secondary N) is 3. The van der Waals surface area contributed by atoms with Crippen LogP contribution in [0.25, 0.3) is 33.3 Å². The molecule has 5 heterocycles. The van der Waals surface area contributed by atoms with Crippen LogP contribution in [0.2, 0.25) is 5.02 Å². The van der Waals surface area contributed by atoms with Crippen LogP contribution >= 0.6 is 11.6 Å². The van der Waals surface area contributed by atoms with Crippen LogP contribution in [0.4, 0.5) is 17.1 Å². The van der Waals surface area contributed by atoms with E-state index in [9.17, 15) is 23.3 Å². The number of aromatic nitrogens is 4. The molecule has 63 heavy (non-hydrogen) atoms. The van der Waals surface area contributed by atoms with Gasteiger partial charge in [-0.15, -0.1) is 0 Å². The summed E-state index contributed by atoms with van der Waals surface area (Å²) < 4.78 is 37.0. The predicted octanol–water partition coefficient (Wildman–Crippen LogP) is 8.21. The molecule has 17 heteroatoms. The molecule has 3 aliphatic rings. The van der Waals surface area contributed by atoms with Gasteiger partial charge in [0.05, 0.1) is 39.4 Å². The van der Waals surface area contributed by atoms with Gasteiger partial charge in [0.15, 0.2) is 0 Å². The van der Waals surface area contributed by atoms with Gasteiger partial charge in [0.2, 0.25) is 0 Å². The molecule has 1 amide bonds. The van der Waals surface area contributed by atoms with Gasteiger partial charge in [0.25, 0.3) is 21.6 Å². The van der Waals surface area contributed by atoms with Gasteiger partial charge in [-0.1, -0.05) is 43.2 Å². The van der Waals surface area contributed by atoms with Crippen LogP contribution in [0, 0.1) is 21.4 Å². The Balaban J connectivity index is 0.976. The molecule has 0 radical (unpaired) electrons. The Hall–Kier alpha value is -5.81. The molecule has 328 valence electrons. The first-order chi connectivity index (χ1) is 30.3. The third kappa shape index (κ3) is 9.16. The molecule has 1 aliphatic carbocycles. The van der Waals surface area contributed by atoms with Gasteiger partial charge in [-0.2, -0.15) is 5.10 Å². The first-order valence-corrected chi connectivity index (χ1v) is 23.2. The Kier molecular flexibility index (Phi) is 11.7. The maximum Gasteiger partial charge on any atom is 0.293 e. The minimum Gasteiger partial charge on any atom is -0.381 e. The number of pyridine rings is 1. The number of H-pyrrole nitrogens is 1. The van der Waals surface area contributed by atoms with Crippen molar-refractivity contribution in [2.45, 2.75) is 50.8 Å². The molecule has 0 saturated carbocycles. The number of anilines is 2. The molecule has 3 aromatic carbocycles. The normalized spacial score (nSPS) is 18.5. The predicted molar refractivity (Wildman–Crippen MR) is 245 cm³/mol. The lowest BCUT2D eigenvalue weighted by molar-refractivity contribution is -0.384. The highest BCUT2D eigenvalue weighted by Gasteiger charge is 2.31. The average molecular weight is 892 g/mol. The number of benzene rings is 3. The van der Waals surface area contributed by atoms with Crippen LogP contribution < -0.4 is 14.9 Å². The molecule has 2 fully saturated rings. The molecule has 0 bridgehead atoms. The Morgan fingerprint density at radius 1 is 1.05 bits per heavy atom. The van der Waals surface area contributed by atoms with Crippen LogP contribution in [-0.2, 0) is 14.8 Å². The minimum absolute atomic E-state index is 0.0458. The zero-order chi connectivity index (χ0) is 43.9. The number of allylic oxidation sites excluding steroid dienone is 1. The highest BCUT2D eigenvalue weighted by Crippen LogP contribution is 2.43. The van der Waals surface area contributed by atoms with Gasteiger partial charge >= 0.3 is 0 Å². The second-order valence-electron chi connectivity index (χ2n) is 17.6. The van der Waals surface area contributed by atoms with Gasteiger partial charge in [-0.3, -0.25) is 19.8 Å². The van der Waals surface area contributed by atoms with Crippen LogP contribution in [-0.4, -0.2) is 96.4 Å². The fourth-order valence-electron chi connectivity index (χ4n) is 9.04. The number of rotatable bonds is 12. The standard InChI is InChI=1S/C46H50ClN9O6S/c1-46(2)15-13-33(38(25-46)31-5-7-34(47)8-6-31)28-53-17-19-54(20-18-53)35-9-11-37(41(23-35)55-42-22-32-14-16-48-44(32)51-40(42)27-50-55)45(57)52-63(60,61)36-10-12-39(43(24-36)56(58)59)49-26-30-4-3-21-62-29-30/h5-12,14,16,22-24,27,30,49H,3-4,13,15,17-21,25-26,28-29H2,1-2H3,(H,48,51)(H,52,57). The number of carbonyl (C=O) groups is 1. The van der Waals surface area contributed by atoms with Gasteiger partial charge in [0, 0.05) is 74.2 Å². The molecule has 15 nitrogen and oxygen atoms in total. The third-order valence-corrected chi connectivity index (χ3v) is 14.2. The van der Waals surface area contributed by atoms with E-state index in [1.54, 1.807) is 23.1 Å². The van der Waals surface area contributed by atoms with Crippen molar-refractivity contribution in [2.24, 2.45) is 11.3 Å². The Labute approximate surface area is 370 Å². The molecular formula is C46H50ClN9O6S. The second-order valence-corrected chi connectivity index (χ2v) is 19.7. The zero-order valence-electron chi connectivity index (χ0n) is 35.3. The maximum atomic E-state index is 14.2. The largest absolute Gasteiger partial charge is 0.381 e. The number of nitrogens with zero attached hydrogens (tertiary/aromatic N) is 6. The van der Waals surface area contributed by atoms with E-state index in [4.69, 9.17) is 21.3 Å². The number of aromatic amines is 1. The number of nitro groups is 1. The fourth-order valence-corrected chi connectivity index (χ4v) is 10.1. The van der Waals surface area contributed by atoms with E-state index < -0.39 is 31.4 Å². The number of hydrogen-bond acceptors (Lipinski definition) is 11. The summed E-state index contributed by atoms with van der Waals surface area (Å²) in [5, 5.41) is 21.4. The van der Waals surface area contributed by atoms with Gasteiger partial charge in [-0.05, 0) is 109 Å². The fraction of sp³-hybridized carbons (Fsp3) is 0.370. The average Bonchev–Trinajstić information content (AvgIpc) is 3.92. The summed E-state index contributed by atoms with van der Waals surface area (Å²) in [7, 11) is -4.57. The SMILES string of the molecule is CC1(C)CCC(CN2CCN(c3ccc(C(=O)NS(=O)(=O)c4ccc(NCC5CCCOC5)c([N+](=O)[O-])c4)c(-n4ncc5nc6[nH]ccc6cc54)c3)CC2)=C(c2ccc(Cl)cc2)C1. The number of halogens is 1. The van der Waals surface area contributed by atoms with E-state index in [0.717, 1.165) is 87.0 Å². The maximum absolute atomic E-state index is 14.2. The van der Waals surface area contributed by atoms with Crippen molar-refractivity contribution < 1.29 is 22.9 Å². The Morgan fingerprint density at radius 2 is 1.86 bits per heavy atom. The second kappa shape index (κ2) is 17.4. The first kappa shape index (κ1) is 42.5. The third-order valence-electron chi connectivity index (χ3n) is 12.6. The van der Waals surface area contributed by atoms with Gasteiger partial charge in [-0.25, -0.2) is 22.8 Å². The summed E-state index contributed by atoms with van der Waals surface area (Å²) in [6.45, 7) is 10.4. The topological polar surface area (TPSA) is 181 Å². The van der Waals surface area contributed by atoms with Crippen LogP contribution in [0.3, 0.4) is 0 Å². The Bertz CT molecular complexity index is 2840. The molecule has 1 unspecified atom stereocenters. The molecule has 2 saturated heterocycles. The number of ether oxygens (including phenoxy) is 1. The number of hydrogen-bond donors (Lipinski definition) is 3. The highest BCUT2D eigenvalue weighted by molar-refractivity contribution is 7.90. The monoisotopic (exact) mass is 891 g/mol. The molecule has 0 spiro atoms. The lowest BCUT2D eigenvalue weighted by atomic mass is 9.72. The number of sulfonamides is 1. The molecule has 3 N–H and O–H groups in total. The van der Waals surface area contributed by atoms with Crippen LogP contribution in [0.1, 0.15) is 61.9 Å². The zero-order valence-corrected chi connectivity index (χ0v) is 36.8. The summed E-state index contributed by atoms with van der Waals surface area (Å²) in [4.78, 5) is 37.9. The van der Waals surface area contributed by atoms with Crippen LogP contribution in [0.15, 0.2) is 95.7 Å². The van der Waals surface area contributed by atoms with E-state index in [0.29, 0.717) is 42.1 Å². The summed E-state index contributed by atoms with van der Waals surface area (Å²) in [6, 6.07) is 20.9. The van der Waals surface area contributed by atoms with Crippen molar-refractivity contribution in [3.63, 3.8) is 0 Å². The van der Waals surface area contributed by atoms with Crippen molar-refractivity contribution in [1.82, 2.24) is 29.4 Å². The lowest BCUT2D eigenvalue weighted by Gasteiger charge is -2.39. The lowest BCUT2D eigenvalue weighted by Crippen LogP contribution is -2.47. The van der Waals surface area contributed by atoms with Crippen molar-refractivity contribution in [3.8, 4) is 5.69 Å². The molecular weight excluding hydrogens is 842 g/mol. The molecule has 3 aromatic heterocycles.